The lowest BCUT2D eigenvalue weighted by atomic mass is 9.81. The fourth-order valence-corrected chi connectivity index (χ4v) is 3.68. The molecule has 1 aliphatic rings. The minimum Gasteiger partial charge on any atom is -0.369 e. The second-order valence-corrected chi connectivity index (χ2v) is 6.60. The van der Waals surface area contributed by atoms with Crippen LogP contribution in [0.5, 0.6) is 0 Å². The average Bonchev–Trinajstić information content (AvgIpc) is 2.90. The minimum atomic E-state index is 0.906. The van der Waals surface area contributed by atoms with Gasteiger partial charge in [-0.3, -0.25) is 0 Å². The molecule has 0 spiro atoms. The summed E-state index contributed by atoms with van der Waals surface area (Å²) in [5, 5.41) is 6.72. The first-order chi connectivity index (χ1) is 9.33. The van der Waals surface area contributed by atoms with E-state index < -0.39 is 0 Å². The van der Waals surface area contributed by atoms with E-state index in [1.54, 1.807) is 17.7 Å². The topological polar surface area (TPSA) is 37.8 Å². The van der Waals surface area contributed by atoms with Crippen LogP contribution in [-0.4, -0.2) is 16.5 Å². The Morgan fingerprint density at radius 1 is 1.26 bits per heavy atom. The van der Waals surface area contributed by atoms with E-state index in [1.165, 1.54) is 32.1 Å². The molecule has 0 bridgehead atoms. The molecule has 3 nitrogen and oxygen atoms in total. The van der Waals surface area contributed by atoms with Crippen LogP contribution in [-0.2, 0) is 0 Å². The first-order valence-corrected chi connectivity index (χ1v) is 8.13. The highest BCUT2D eigenvalue weighted by Crippen LogP contribution is 2.30. The quantitative estimate of drug-likeness (QED) is 0.903. The summed E-state index contributed by atoms with van der Waals surface area (Å²) < 4.78 is 0. The van der Waals surface area contributed by atoms with Gasteiger partial charge in [0.15, 0.2) is 0 Å². The molecule has 4 heteroatoms. The van der Waals surface area contributed by atoms with Gasteiger partial charge in [-0.25, -0.2) is 9.97 Å². The molecule has 1 N–H and O–H groups in total. The maximum atomic E-state index is 4.36. The molecule has 0 atom stereocenters. The predicted molar refractivity (Wildman–Crippen MR) is 81.6 cm³/mol. The van der Waals surface area contributed by atoms with Crippen molar-refractivity contribution in [2.24, 2.45) is 11.8 Å². The van der Waals surface area contributed by atoms with Crippen LogP contribution >= 0.6 is 11.3 Å². The highest BCUT2D eigenvalue weighted by Gasteiger charge is 2.17. The summed E-state index contributed by atoms with van der Waals surface area (Å²) in [6.07, 6.45) is 8.55. The van der Waals surface area contributed by atoms with Gasteiger partial charge in [0.2, 0.25) is 0 Å². The number of thiophene rings is 1. The van der Waals surface area contributed by atoms with Gasteiger partial charge < -0.3 is 5.32 Å². The smallest absolute Gasteiger partial charge is 0.138 e. The monoisotopic (exact) mass is 275 g/mol. The lowest BCUT2D eigenvalue weighted by molar-refractivity contribution is 0.282. The summed E-state index contributed by atoms with van der Waals surface area (Å²) in [4.78, 5) is 9.71. The fraction of sp³-hybridized carbons (Fsp3) is 0.600. The molecule has 0 aromatic carbocycles. The zero-order valence-corrected chi connectivity index (χ0v) is 12.2. The van der Waals surface area contributed by atoms with Crippen molar-refractivity contribution >= 4 is 27.4 Å². The molecule has 1 aliphatic carbocycles. The van der Waals surface area contributed by atoms with Gasteiger partial charge >= 0.3 is 0 Å². The molecule has 3 rings (SSSR count). The van der Waals surface area contributed by atoms with Gasteiger partial charge in [-0.1, -0.05) is 32.6 Å². The number of rotatable bonds is 4. The van der Waals surface area contributed by atoms with Crippen molar-refractivity contribution in [3.8, 4) is 0 Å². The highest BCUT2D eigenvalue weighted by molar-refractivity contribution is 7.16. The molecule has 1 fully saturated rings. The molecule has 0 aliphatic heterocycles. The van der Waals surface area contributed by atoms with Crippen LogP contribution in [0, 0.1) is 11.8 Å². The molecule has 1 saturated carbocycles. The summed E-state index contributed by atoms with van der Waals surface area (Å²) in [5.41, 5.74) is 0. The van der Waals surface area contributed by atoms with Crippen LogP contribution in [0.3, 0.4) is 0 Å². The van der Waals surface area contributed by atoms with Crippen LogP contribution < -0.4 is 5.32 Å². The number of hydrogen-bond acceptors (Lipinski definition) is 4. The zero-order valence-electron chi connectivity index (χ0n) is 11.4. The highest BCUT2D eigenvalue weighted by atomic mass is 32.1. The Morgan fingerprint density at radius 2 is 2.11 bits per heavy atom. The standard InChI is InChI=1S/C15H21N3S/c1-11-2-4-12(5-3-11)6-8-16-14-13-7-9-19-15(13)18-10-17-14/h7,9-12H,2-6,8H2,1H3,(H,16,17,18). The lowest BCUT2D eigenvalue weighted by Crippen LogP contribution is -2.16. The number of aromatic nitrogens is 2. The summed E-state index contributed by atoms with van der Waals surface area (Å²) in [5.74, 6) is 2.84. The molecule has 0 unspecified atom stereocenters. The van der Waals surface area contributed by atoms with E-state index in [4.69, 9.17) is 0 Å². The first kappa shape index (κ1) is 12.9. The van der Waals surface area contributed by atoms with E-state index in [0.29, 0.717) is 0 Å². The third-order valence-electron chi connectivity index (χ3n) is 4.24. The Morgan fingerprint density at radius 3 is 2.95 bits per heavy atom. The van der Waals surface area contributed by atoms with E-state index in [9.17, 15) is 0 Å². The maximum Gasteiger partial charge on any atom is 0.138 e. The van der Waals surface area contributed by atoms with Gasteiger partial charge in [0.05, 0.1) is 5.39 Å². The molecule has 0 amide bonds. The third-order valence-corrected chi connectivity index (χ3v) is 5.06. The van der Waals surface area contributed by atoms with Crippen molar-refractivity contribution in [2.75, 3.05) is 11.9 Å². The zero-order chi connectivity index (χ0) is 13.1. The van der Waals surface area contributed by atoms with E-state index in [0.717, 1.165) is 34.4 Å². The average molecular weight is 275 g/mol. The van der Waals surface area contributed by atoms with Crippen LogP contribution in [0.4, 0.5) is 5.82 Å². The molecular weight excluding hydrogens is 254 g/mol. The van der Waals surface area contributed by atoms with Crippen molar-refractivity contribution < 1.29 is 0 Å². The molecule has 2 heterocycles. The van der Waals surface area contributed by atoms with Gasteiger partial charge in [-0.2, -0.15) is 0 Å². The normalized spacial score (nSPS) is 23.6. The van der Waals surface area contributed by atoms with Crippen LogP contribution in [0.25, 0.3) is 10.2 Å². The van der Waals surface area contributed by atoms with Gasteiger partial charge in [0, 0.05) is 6.54 Å². The number of fused-ring (bicyclic) bond motifs is 1. The first-order valence-electron chi connectivity index (χ1n) is 7.25. The van der Waals surface area contributed by atoms with Gasteiger partial charge in [0.1, 0.15) is 17.0 Å². The number of nitrogens with zero attached hydrogens (tertiary/aromatic N) is 2. The van der Waals surface area contributed by atoms with Gasteiger partial charge in [-0.15, -0.1) is 11.3 Å². The summed E-state index contributed by atoms with van der Waals surface area (Å²) >= 11 is 1.67. The van der Waals surface area contributed by atoms with E-state index in [1.807, 2.05) is 0 Å². The molecule has 2 aromatic rings. The molecule has 0 radical (unpaired) electrons. The summed E-state index contributed by atoms with van der Waals surface area (Å²) in [6.45, 7) is 3.41. The van der Waals surface area contributed by atoms with Gasteiger partial charge in [0.25, 0.3) is 0 Å². The number of anilines is 1. The Balaban J connectivity index is 1.53. The van der Waals surface area contributed by atoms with Gasteiger partial charge in [-0.05, 0) is 29.7 Å². The molecular formula is C15H21N3S. The van der Waals surface area contributed by atoms with E-state index in [-0.39, 0.29) is 0 Å². The van der Waals surface area contributed by atoms with Crippen LogP contribution in [0.15, 0.2) is 17.8 Å². The SMILES string of the molecule is CC1CCC(CCNc2ncnc3sccc23)CC1. The van der Waals surface area contributed by atoms with E-state index >= 15 is 0 Å². The Labute approximate surface area is 118 Å². The van der Waals surface area contributed by atoms with Crippen LogP contribution in [0.2, 0.25) is 0 Å². The number of nitrogens with one attached hydrogen (secondary N) is 1. The Hall–Kier alpha value is -1.16. The maximum absolute atomic E-state index is 4.36. The Kier molecular flexibility index (Phi) is 3.97. The van der Waals surface area contributed by atoms with Crippen LogP contribution in [0.1, 0.15) is 39.0 Å². The lowest BCUT2D eigenvalue weighted by Gasteiger charge is -2.26. The second kappa shape index (κ2) is 5.87. The minimum absolute atomic E-state index is 0.906. The number of hydrogen-bond donors (Lipinski definition) is 1. The van der Waals surface area contributed by atoms with E-state index in [2.05, 4.69) is 33.7 Å². The van der Waals surface area contributed by atoms with Crippen molar-refractivity contribution in [3.63, 3.8) is 0 Å². The summed E-state index contributed by atoms with van der Waals surface area (Å²) in [6, 6.07) is 2.10. The van der Waals surface area contributed by atoms with Crippen molar-refractivity contribution in [1.82, 2.24) is 9.97 Å². The molecule has 0 saturated heterocycles. The Bertz CT molecular complexity index is 529. The van der Waals surface area contributed by atoms with Crippen molar-refractivity contribution in [1.29, 1.82) is 0 Å². The third kappa shape index (κ3) is 3.06. The largest absolute Gasteiger partial charge is 0.369 e. The second-order valence-electron chi connectivity index (χ2n) is 5.70. The summed E-state index contributed by atoms with van der Waals surface area (Å²) in [7, 11) is 0. The fourth-order valence-electron chi connectivity index (χ4n) is 2.94. The predicted octanol–water partition coefficient (Wildman–Crippen LogP) is 4.32. The molecule has 2 aromatic heterocycles. The molecule has 102 valence electrons. The van der Waals surface area contributed by atoms with Crippen molar-refractivity contribution in [3.05, 3.63) is 17.8 Å². The van der Waals surface area contributed by atoms with Crippen molar-refractivity contribution in [2.45, 2.75) is 39.0 Å². The molecule has 19 heavy (non-hydrogen) atoms.